The molecule has 0 amide bonds. The molecule has 0 radical (unpaired) electrons. The van der Waals surface area contributed by atoms with Crippen LogP contribution in [0.15, 0.2) is 95.9 Å². The fraction of sp³-hybridized carbons (Fsp3) is 0.385. The molecule has 4 aromatic rings. The van der Waals surface area contributed by atoms with E-state index in [2.05, 4.69) is 73.7 Å². The van der Waals surface area contributed by atoms with Crippen LogP contribution in [0.2, 0.25) is 0 Å². The summed E-state index contributed by atoms with van der Waals surface area (Å²) in [7, 11) is -3.96. The Morgan fingerprint density at radius 1 is 0.870 bits per heavy atom. The lowest BCUT2D eigenvalue weighted by Gasteiger charge is -2.34. The van der Waals surface area contributed by atoms with Crippen LogP contribution in [0.5, 0.6) is 5.75 Å². The van der Waals surface area contributed by atoms with Crippen molar-refractivity contribution >= 4 is 15.7 Å². The second kappa shape index (κ2) is 14.8. The lowest BCUT2D eigenvalue weighted by molar-refractivity contribution is 0.189. The topological polar surface area (TPSA) is 58.6 Å². The smallest absolute Gasteiger partial charge is 0.261 e. The van der Waals surface area contributed by atoms with Crippen molar-refractivity contribution in [2.75, 3.05) is 17.9 Å². The summed E-state index contributed by atoms with van der Waals surface area (Å²) >= 11 is 0. The largest absolute Gasteiger partial charge is 0.493 e. The van der Waals surface area contributed by atoms with Gasteiger partial charge in [-0.25, -0.2) is 12.8 Å². The molecule has 1 atom stereocenters. The minimum atomic E-state index is -3.96. The van der Waals surface area contributed by atoms with Gasteiger partial charge in [-0.2, -0.15) is 0 Å². The van der Waals surface area contributed by atoms with Crippen LogP contribution in [0.3, 0.4) is 0 Å². The highest BCUT2D eigenvalue weighted by Gasteiger charge is 2.24. The number of ether oxygens (including phenoxy) is 1. The average Bonchev–Trinajstić information content (AvgIpc) is 3.03. The van der Waals surface area contributed by atoms with Crippen molar-refractivity contribution in [1.82, 2.24) is 4.90 Å². The summed E-state index contributed by atoms with van der Waals surface area (Å²) < 4.78 is 49.6. The van der Waals surface area contributed by atoms with Crippen molar-refractivity contribution in [2.24, 2.45) is 0 Å². The molecular weight excluding hydrogens is 596 g/mol. The van der Waals surface area contributed by atoms with E-state index in [1.165, 1.54) is 28.8 Å². The highest BCUT2D eigenvalue weighted by Crippen LogP contribution is 2.28. The molecule has 1 aliphatic heterocycles. The number of fused-ring (bicyclic) bond motifs is 1. The third-order valence-corrected chi connectivity index (χ3v) is 10.3. The minimum Gasteiger partial charge on any atom is -0.493 e. The Balaban J connectivity index is 1.12. The van der Waals surface area contributed by atoms with Crippen LogP contribution in [0, 0.1) is 5.82 Å². The molecule has 46 heavy (non-hydrogen) atoms. The van der Waals surface area contributed by atoms with E-state index < -0.39 is 15.8 Å². The summed E-state index contributed by atoms with van der Waals surface area (Å²) in [6, 6.07) is 29.2. The molecule has 7 heteroatoms. The zero-order chi connectivity index (χ0) is 32.7. The molecular formula is C39H47FN2O3S. The first kappa shape index (κ1) is 33.7. The summed E-state index contributed by atoms with van der Waals surface area (Å²) in [4.78, 5) is 2.60. The Hall–Kier alpha value is -3.68. The van der Waals surface area contributed by atoms with Crippen LogP contribution < -0.4 is 9.46 Å². The van der Waals surface area contributed by atoms with Crippen molar-refractivity contribution < 1.29 is 17.5 Å². The van der Waals surface area contributed by atoms with Gasteiger partial charge in [-0.1, -0.05) is 81.4 Å². The Labute approximate surface area is 274 Å². The molecule has 0 saturated carbocycles. The van der Waals surface area contributed by atoms with Crippen LogP contribution in [-0.4, -0.2) is 32.5 Å². The quantitative estimate of drug-likeness (QED) is 0.148. The van der Waals surface area contributed by atoms with E-state index in [-0.39, 0.29) is 16.0 Å². The number of nitrogens with zero attached hydrogens (tertiary/aromatic N) is 1. The van der Waals surface area contributed by atoms with Crippen molar-refractivity contribution in [3.8, 4) is 5.75 Å². The van der Waals surface area contributed by atoms with Crippen molar-refractivity contribution in [3.63, 3.8) is 0 Å². The number of unbranched alkanes of at least 4 members (excludes halogenated alkanes) is 2. The predicted molar refractivity (Wildman–Crippen MR) is 186 cm³/mol. The molecule has 0 bridgehead atoms. The predicted octanol–water partition coefficient (Wildman–Crippen LogP) is 8.71. The van der Waals surface area contributed by atoms with Crippen LogP contribution in [0.4, 0.5) is 10.1 Å². The van der Waals surface area contributed by atoms with Crippen LogP contribution >= 0.6 is 0 Å². The fourth-order valence-electron chi connectivity index (χ4n) is 6.02. The molecule has 1 N–H and O–H groups in total. The highest BCUT2D eigenvalue weighted by atomic mass is 32.2. The van der Waals surface area contributed by atoms with E-state index >= 15 is 0 Å². The molecule has 5 nitrogen and oxygen atoms in total. The summed E-state index contributed by atoms with van der Waals surface area (Å²) in [5, 5.41) is 0. The van der Waals surface area contributed by atoms with E-state index in [1.54, 1.807) is 18.2 Å². The second-order valence-corrected chi connectivity index (χ2v) is 15.2. The molecule has 1 aliphatic rings. The third kappa shape index (κ3) is 8.98. The van der Waals surface area contributed by atoms with Gasteiger partial charge in [-0.15, -0.1) is 0 Å². The van der Waals surface area contributed by atoms with E-state index in [0.29, 0.717) is 18.4 Å². The monoisotopic (exact) mass is 642 g/mol. The van der Waals surface area contributed by atoms with Crippen molar-refractivity contribution in [2.45, 2.75) is 89.1 Å². The van der Waals surface area contributed by atoms with Gasteiger partial charge < -0.3 is 4.74 Å². The zero-order valence-electron chi connectivity index (χ0n) is 27.6. The Kier molecular flexibility index (Phi) is 10.9. The summed E-state index contributed by atoms with van der Waals surface area (Å²) in [5.74, 6) is -0.279. The zero-order valence-corrected chi connectivity index (χ0v) is 28.4. The van der Waals surface area contributed by atoms with Crippen LogP contribution in [0.1, 0.15) is 74.8 Å². The van der Waals surface area contributed by atoms with Gasteiger partial charge in [-0.3, -0.25) is 9.62 Å². The Bertz CT molecular complexity index is 1700. The van der Waals surface area contributed by atoms with E-state index in [0.717, 1.165) is 62.7 Å². The van der Waals surface area contributed by atoms with Gasteiger partial charge in [0, 0.05) is 25.2 Å². The molecule has 244 valence electrons. The Morgan fingerprint density at radius 3 is 2.35 bits per heavy atom. The molecule has 4 aromatic carbocycles. The number of sulfonamides is 1. The maximum Gasteiger partial charge on any atom is 0.261 e. The molecule has 0 fully saturated rings. The number of benzene rings is 4. The number of halogens is 1. The van der Waals surface area contributed by atoms with E-state index in [1.807, 2.05) is 24.3 Å². The number of hydrogen-bond acceptors (Lipinski definition) is 4. The molecule has 0 saturated heterocycles. The lowest BCUT2D eigenvalue weighted by atomic mass is 9.86. The van der Waals surface area contributed by atoms with Crippen molar-refractivity contribution in [1.29, 1.82) is 0 Å². The molecule has 5 rings (SSSR count). The summed E-state index contributed by atoms with van der Waals surface area (Å²) in [6.45, 7) is 11.0. The molecule has 0 aliphatic carbocycles. The normalized spacial score (nSPS) is 14.5. The minimum absolute atomic E-state index is 0.0940. The molecule has 0 aromatic heterocycles. The maximum absolute atomic E-state index is 14.9. The molecule has 0 spiro atoms. The molecule has 1 heterocycles. The summed E-state index contributed by atoms with van der Waals surface area (Å²) in [5.41, 5.74) is 6.18. The van der Waals surface area contributed by atoms with Gasteiger partial charge in [0.15, 0.2) is 5.82 Å². The average molecular weight is 643 g/mol. The van der Waals surface area contributed by atoms with Crippen LogP contribution in [0.25, 0.3) is 0 Å². The lowest BCUT2D eigenvalue weighted by Crippen LogP contribution is -2.38. The second-order valence-electron chi connectivity index (χ2n) is 13.5. The Morgan fingerprint density at radius 2 is 1.63 bits per heavy atom. The van der Waals surface area contributed by atoms with E-state index in [4.69, 9.17) is 4.74 Å². The maximum atomic E-state index is 14.9. The highest BCUT2D eigenvalue weighted by molar-refractivity contribution is 7.92. The van der Waals surface area contributed by atoms with Gasteiger partial charge in [0.2, 0.25) is 0 Å². The van der Waals surface area contributed by atoms with Gasteiger partial charge in [0.05, 0.1) is 17.2 Å². The first-order chi connectivity index (χ1) is 22.0. The third-order valence-electron chi connectivity index (χ3n) is 8.91. The number of anilines is 1. The van der Waals surface area contributed by atoms with Crippen molar-refractivity contribution in [3.05, 3.63) is 125 Å². The van der Waals surface area contributed by atoms with Crippen LogP contribution in [-0.2, 0) is 41.2 Å². The number of aryl methyl sites for hydroxylation is 1. The van der Waals surface area contributed by atoms with Gasteiger partial charge >= 0.3 is 0 Å². The van der Waals surface area contributed by atoms with Gasteiger partial charge in [-0.05, 0) is 103 Å². The molecule has 1 unspecified atom stereocenters. The fourth-order valence-corrected chi connectivity index (χ4v) is 7.14. The SMILES string of the molecule is CC(Cc1ccc(C(C)(C)C)cc1)N1CCc2cc(S(=O)(=O)Nc3ccc(OCCCCCc4ccccc4)cc3F)ccc2C1. The summed E-state index contributed by atoms with van der Waals surface area (Å²) in [6.07, 6.45) is 5.69. The number of rotatable bonds is 13. The first-order valence-electron chi connectivity index (χ1n) is 16.4. The van der Waals surface area contributed by atoms with E-state index in [9.17, 15) is 12.8 Å². The standard InChI is InChI=1S/C39H47FN2O3S/c1-29(25-31-14-17-34(18-15-31)39(2,3)4)42-23-22-32-26-36(20-16-33(32)28-42)46(43,44)41-38-21-19-35(27-37(38)40)45-24-10-6-9-13-30-11-7-5-8-12-30/h5,7-8,11-12,14-21,26-27,29,41H,6,9-10,13,22-25,28H2,1-4H3. The number of hydrogen-bond donors (Lipinski definition) is 1. The van der Waals surface area contributed by atoms with Gasteiger partial charge in [0.1, 0.15) is 5.75 Å². The number of nitrogens with one attached hydrogen (secondary N) is 1. The first-order valence-corrected chi connectivity index (χ1v) is 17.9. The van der Waals surface area contributed by atoms with Gasteiger partial charge in [0.25, 0.3) is 10.0 Å².